The number of hydrogen-bond donors (Lipinski definition) is 3. The normalized spacial score (nSPS) is 13.8. The van der Waals surface area contributed by atoms with Crippen LogP contribution in [0.2, 0.25) is 20.1 Å². The lowest BCUT2D eigenvalue weighted by Gasteiger charge is -2.34. The van der Waals surface area contributed by atoms with Gasteiger partial charge in [-0.2, -0.15) is 8.42 Å². The van der Waals surface area contributed by atoms with Crippen LogP contribution in [-0.4, -0.2) is 23.2 Å². The lowest BCUT2D eigenvalue weighted by atomic mass is 9.83. The van der Waals surface area contributed by atoms with Gasteiger partial charge in [0.1, 0.15) is 16.5 Å². The van der Waals surface area contributed by atoms with E-state index in [4.69, 9.17) is 46.4 Å². The Hall–Kier alpha value is -1.67. The maximum Gasteiger partial charge on any atom is 0.283 e. The van der Waals surface area contributed by atoms with Gasteiger partial charge < -0.3 is 10.2 Å². The molecule has 1 unspecified atom stereocenters. The second-order valence-corrected chi connectivity index (χ2v) is 9.22. The van der Waals surface area contributed by atoms with Crippen molar-refractivity contribution in [3.63, 3.8) is 0 Å². The lowest BCUT2D eigenvalue weighted by molar-refractivity contribution is 0.439. The molecule has 0 spiro atoms. The fraction of sp³-hybridized carbons (Fsp3) is 0.0526. The van der Waals surface area contributed by atoms with Gasteiger partial charge in [0.15, 0.2) is 4.75 Å². The average Bonchev–Trinajstić information content (AvgIpc) is 2.64. The van der Waals surface area contributed by atoms with Crippen LogP contribution in [0.25, 0.3) is 0 Å². The van der Waals surface area contributed by atoms with E-state index in [-0.39, 0.29) is 36.8 Å². The first kappa shape index (κ1) is 22.0. The summed E-state index contributed by atoms with van der Waals surface area (Å²) in [5.74, 6) is -1.12. The molecule has 0 aliphatic rings. The number of halogens is 4. The summed E-state index contributed by atoms with van der Waals surface area (Å²) in [6.07, 6.45) is 0. The Labute approximate surface area is 186 Å². The number of aromatic hydroxyl groups is 2. The van der Waals surface area contributed by atoms with E-state index in [1.54, 1.807) is 0 Å². The zero-order valence-electron chi connectivity index (χ0n) is 14.3. The van der Waals surface area contributed by atoms with Crippen LogP contribution in [-0.2, 0) is 14.9 Å². The van der Waals surface area contributed by atoms with Crippen LogP contribution in [0.3, 0.4) is 0 Å². The van der Waals surface area contributed by atoms with Gasteiger partial charge in [0.25, 0.3) is 10.1 Å². The smallest absolute Gasteiger partial charge is 0.283 e. The summed E-state index contributed by atoms with van der Waals surface area (Å²) in [4.78, 5) is 0. The second-order valence-electron chi connectivity index (χ2n) is 6.06. The zero-order chi connectivity index (χ0) is 21.6. The van der Waals surface area contributed by atoms with Crippen molar-refractivity contribution in [2.24, 2.45) is 0 Å². The maximum absolute atomic E-state index is 13.0. The summed E-state index contributed by atoms with van der Waals surface area (Å²) in [5, 5.41) is 20.2. The molecule has 0 aliphatic carbocycles. The van der Waals surface area contributed by atoms with Gasteiger partial charge in [-0.15, -0.1) is 0 Å². The van der Waals surface area contributed by atoms with E-state index in [1.165, 1.54) is 54.6 Å². The van der Waals surface area contributed by atoms with Gasteiger partial charge in [-0.05, 0) is 29.8 Å². The first-order chi connectivity index (χ1) is 13.5. The SMILES string of the molecule is O=S(=O)(O)C(c1cccc(Cl)c1)(c1ccc(Cl)c(Cl)c1O)c1cccc(O)c1Cl. The van der Waals surface area contributed by atoms with E-state index in [9.17, 15) is 23.2 Å². The van der Waals surface area contributed by atoms with Gasteiger partial charge in [-0.25, -0.2) is 0 Å². The van der Waals surface area contributed by atoms with Crippen molar-refractivity contribution in [1.82, 2.24) is 0 Å². The minimum atomic E-state index is -5.11. The van der Waals surface area contributed by atoms with E-state index in [0.717, 1.165) is 0 Å². The third-order valence-corrected chi connectivity index (χ3v) is 7.30. The Kier molecular flexibility index (Phi) is 5.98. The van der Waals surface area contributed by atoms with Crippen LogP contribution < -0.4 is 0 Å². The predicted octanol–water partition coefficient (Wildman–Crippen LogP) is 5.89. The Morgan fingerprint density at radius 1 is 0.793 bits per heavy atom. The third kappa shape index (κ3) is 3.54. The topological polar surface area (TPSA) is 94.8 Å². The highest BCUT2D eigenvalue weighted by atomic mass is 35.5. The molecular weight excluding hydrogens is 482 g/mol. The molecular formula is C19H12Cl4O5S. The van der Waals surface area contributed by atoms with Gasteiger partial charge in [0.05, 0.1) is 10.0 Å². The molecule has 3 aromatic carbocycles. The largest absolute Gasteiger partial charge is 0.506 e. The summed E-state index contributed by atoms with van der Waals surface area (Å²) in [5.41, 5.74) is -0.601. The van der Waals surface area contributed by atoms with Crippen LogP contribution in [0.4, 0.5) is 0 Å². The van der Waals surface area contributed by atoms with Gasteiger partial charge in [0.2, 0.25) is 0 Å². The van der Waals surface area contributed by atoms with Crippen molar-refractivity contribution in [3.8, 4) is 11.5 Å². The molecule has 0 aromatic heterocycles. The number of rotatable bonds is 4. The predicted molar refractivity (Wildman–Crippen MR) is 114 cm³/mol. The summed E-state index contributed by atoms with van der Waals surface area (Å²) in [6.45, 7) is 0. The fourth-order valence-electron chi connectivity index (χ4n) is 3.21. The molecule has 1 atom stereocenters. The van der Waals surface area contributed by atoms with E-state index < -0.39 is 26.4 Å². The maximum atomic E-state index is 13.0. The Morgan fingerprint density at radius 3 is 2.07 bits per heavy atom. The van der Waals surface area contributed by atoms with Crippen molar-refractivity contribution in [1.29, 1.82) is 0 Å². The monoisotopic (exact) mass is 492 g/mol. The zero-order valence-corrected chi connectivity index (χ0v) is 18.1. The van der Waals surface area contributed by atoms with E-state index >= 15 is 0 Å². The van der Waals surface area contributed by atoms with Crippen LogP contribution in [0.5, 0.6) is 11.5 Å². The Balaban J connectivity index is 2.63. The highest BCUT2D eigenvalue weighted by molar-refractivity contribution is 7.87. The van der Waals surface area contributed by atoms with Gasteiger partial charge in [-0.1, -0.05) is 76.7 Å². The van der Waals surface area contributed by atoms with Crippen molar-refractivity contribution >= 4 is 56.5 Å². The van der Waals surface area contributed by atoms with Crippen molar-refractivity contribution in [3.05, 3.63) is 91.4 Å². The van der Waals surface area contributed by atoms with E-state index in [1.807, 2.05) is 0 Å². The van der Waals surface area contributed by atoms with Crippen molar-refractivity contribution in [2.45, 2.75) is 4.75 Å². The summed E-state index contributed by atoms with van der Waals surface area (Å²) in [6, 6.07) is 12.0. The molecule has 0 radical (unpaired) electrons. The van der Waals surface area contributed by atoms with Crippen LogP contribution in [0.15, 0.2) is 54.6 Å². The van der Waals surface area contributed by atoms with Gasteiger partial charge >= 0.3 is 0 Å². The molecule has 5 nitrogen and oxygen atoms in total. The van der Waals surface area contributed by atoms with Crippen molar-refractivity contribution < 1.29 is 23.2 Å². The van der Waals surface area contributed by atoms with E-state index in [2.05, 4.69) is 0 Å². The number of hydrogen-bond acceptors (Lipinski definition) is 4. The number of benzene rings is 3. The summed E-state index contributed by atoms with van der Waals surface area (Å²) in [7, 11) is -5.11. The van der Waals surface area contributed by atoms with Gasteiger partial charge in [0, 0.05) is 16.1 Å². The Morgan fingerprint density at radius 2 is 1.45 bits per heavy atom. The minimum absolute atomic E-state index is 0.0368. The van der Waals surface area contributed by atoms with Gasteiger partial charge in [-0.3, -0.25) is 4.55 Å². The summed E-state index contributed by atoms with van der Waals surface area (Å²) < 4.78 is 33.9. The van der Waals surface area contributed by atoms with Crippen LogP contribution >= 0.6 is 46.4 Å². The molecule has 3 rings (SSSR count). The molecule has 0 saturated carbocycles. The number of phenolic OH excluding ortho intramolecular Hbond substituents is 2. The first-order valence-corrected chi connectivity index (χ1v) is 10.9. The van der Waals surface area contributed by atoms with Crippen molar-refractivity contribution in [2.75, 3.05) is 0 Å². The molecule has 0 aliphatic heterocycles. The quantitative estimate of drug-likeness (QED) is 0.311. The third-order valence-electron chi connectivity index (χ3n) is 4.42. The molecule has 29 heavy (non-hydrogen) atoms. The Bertz CT molecular complexity index is 1210. The number of phenols is 2. The molecule has 0 fully saturated rings. The molecule has 3 aromatic rings. The highest BCUT2D eigenvalue weighted by Crippen LogP contribution is 2.52. The molecule has 152 valence electrons. The van der Waals surface area contributed by atoms with Crippen LogP contribution in [0.1, 0.15) is 16.7 Å². The highest BCUT2D eigenvalue weighted by Gasteiger charge is 2.52. The molecule has 3 N–H and O–H groups in total. The molecule has 0 heterocycles. The minimum Gasteiger partial charge on any atom is -0.506 e. The first-order valence-electron chi connectivity index (χ1n) is 7.90. The average molecular weight is 494 g/mol. The van der Waals surface area contributed by atoms with Crippen LogP contribution in [0, 0.1) is 0 Å². The standard InChI is InChI=1S/C19H12Cl4O5S/c20-11-4-1-3-10(9-11)19(29(26,27)28,12-5-2-6-15(24)16(12)22)13-7-8-14(21)17(23)18(13)25/h1-9,24-25H,(H,26,27,28). The molecule has 10 heteroatoms. The fourth-order valence-corrected chi connectivity index (χ4v) is 5.35. The molecule has 0 saturated heterocycles. The second kappa shape index (κ2) is 7.87. The summed E-state index contributed by atoms with van der Waals surface area (Å²) >= 11 is 24.3. The molecule has 0 amide bonds. The van der Waals surface area contributed by atoms with E-state index in [0.29, 0.717) is 0 Å². The molecule has 0 bridgehead atoms. The lowest BCUT2D eigenvalue weighted by Crippen LogP contribution is -2.38.